The van der Waals surface area contributed by atoms with E-state index in [2.05, 4.69) is 21.9 Å². The second-order valence-corrected chi connectivity index (χ2v) is 9.29. The van der Waals surface area contributed by atoms with Crippen molar-refractivity contribution in [3.8, 4) is 17.2 Å². The van der Waals surface area contributed by atoms with Gasteiger partial charge < -0.3 is 4.57 Å². The molecule has 3 aromatic heterocycles. The predicted octanol–water partition coefficient (Wildman–Crippen LogP) is 4.94. The summed E-state index contributed by atoms with van der Waals surface area (Å²) in [5.74, 6) is -0.667. The average Bonchev–Trinajstić information content (AvgIpc) is 3.30. The van der Waals surface area contributed by atoms with Gasteiger partial charge in [-0.2, -0.15) is 5.26 Å². The molecule has 0 aliphatic heterocycles. The molecule has 0 aliphatic rings. The minimum Gasteiger partial charge on any atom is -0.349 e. The zero-order valence-corrected chi connectivity index (χ0v) is 20.4. The van der Waals surface area contributed by atoms with Gasteiger partial charge in [0.2, 0.25) is 0 Å². The Kier molecular flexibility index (Phi) is 6.48. The summed E-state index contributed by atoms with van der Waals surface area (Å²) in [6.45, 7) is 8.88. The number of aryl methyl sites for hydroxylation is 2. The molecule has 34 heavy (non-hydrogen) atoms. The van der Waals surface area contributed by atoms with Gasteiger partial charge in [-0.25, -0.2) is 9.66 Å². The smallest absolute Gasteiger partial charge is 0.281 e. The average molecular weight is 472 g/mol. The maximum absolute atomic E-state index is 13.3. The minimum absolute atomic E-state index is 0.0893. The van der Waals surface area contributed by atoms with Crippen LogP contribution in [0.4, 0.5) is 0 Å². The summed E-state index contributed by atoms with van der Waals surface area (Å²) in [5.41, 5.74) is 6.63. The van der Waals surface area contributed by atoms with Crippen molar-refractivity contribution in [1.82, 2.24) is 14.2 Å². The van der Waals surface area contributed by atoms with Crippen LogP contribution >= 0.6 is 11.3 Å². The molecule has 3 heterocycles. The van der Waals surface area contributed by atoms with Crippen LogP contribution in [0.15, 0.2) is 53.1 Å². The Balaban J connectivity index is 1.71. The Morgan fingerprint density at radius 1 is 1.24 bits per heavy atom. The van der Waals surface area contributed by atoms with Gasteiger partial charge in [0.15, 0.2) is 0 Å². The number of benzene rings is 1. The van der Waals surface area contributed by atoms with E-state index in [1.54, 1.807) is 6.08 Å². The van der Waals surface area contributed by atoms with Crippen LogP contribution in [0.25, 0.3) is 27.4 Å². The van der Waals surface area contributed by atoms with E-state index in [0.717, 1.165) is 50.6 Å². The highest BCUT2D eigenvalue weighted by atomic mass is 32.1. The van der Waals surface area contributed by atoms with E-state index in [9.17, 15) is 14.9 Å². The standard InChI is InChI=1S/C26H25N5O2S/c1-5-11-30-16(2)12-20(17(30)3)13-21(14-27)24(32)29-31-15-28-25-23(26(31)33)22(18(4)34-25)19-9-7-6-8-10-19/h6-10,12-13,15H,5,11H2,1-4H3,(H,29,32)/b21-13+. The van der Waals surface area contributed by atoms with Crippen LogP contribution in [0.3, 0.4) is 0 Å². The molecule has 0 aliphatic carbocycles. The van der Waals surface area contributed by atoms with Gasteiger partial charge in [-0.05, 0) is 50.5 Å². The molecule has 4 rings (SSSR count). The summed E-state index contributed by atoms with van der Waals surface area (Å²) in [6, 6.07) is 13.5. The van der Waals surface area contributed by atoms with Gasteiger partial charge >= 0.3 is 0 Å². The number of thiophene rings is 1. The summed E-state index contributed by atoms with van der Waals surface area (Å²) in [4.78, 5) is 32.2. The van der Waals surface area contributed by atoms with Crippen molar-refractivity contribution in [2.24, 2.45) is 0 Å². The van der Waals surface area contributed by atoms with Crippen molar-refractivity contribution in [2.75, 3.05) is 5.43 Å². The highest BCUT2D eigenvalue weighted by molar-refractivity contribution is 7.19. The number of aromatic nitrogens is 3. The largest absolute Gasteiger partial charge is 0.349 e. The van der Waals surface area contributed by atoms with Crippen LogP contribution in [0.2, 0.25) is 0 Å². The predicted molar refractivity (Wildman–Crippen MR) is 136 cm³/mol. The Morgan fingerprint density at radius 3 is 2.65 bits per heavy atom. The van der Waals surface area contributed by atoms with Gasteiger partial charge in [0.25, 0.3) is 11.5 Å². The Bertz CT molecular complexity index is 1520. The molecule has 8 heteroatoms. The summed E-state index contributed by atoms with van der Waals surface area (Å²) < 4.78 is 3.21. The van der Waals surface area contributed by atoms with Gasteiger partial charge in [0, 0.05) is 28.4 Å². The molecule has 0 spiro atoms. The molecule has 0 saturated heterocycles. The SMILES string of the molecule is CCCn1c(C)cc(/C=C(\C#N)C(=O)Nn2cnc3sc(C)c(-c4ccccc4)c3c2=O)c1C. The lowest BCUT2D eigenvalue weighted by Gasteiger charge is -2.08. The Labute approximate surface area is 201 Å². The third-order valence-electron chi connectivity index (χ3n) is 5.80. The molecule has 1 N–H and O–H groups in total. The second-order valence-electron chi connectivity index (χ2n) is 8.09. The molecule has 4 aromatic rings. The molecule has 1 aromatic carbocycles. The first-order valence-electron chi connectivity index (χ1n) is 11.0. The molecule has 0 saturated carbocycles. The lowest BCUT2D eigenvalue weighted by molar-refractivity contribution is -0.113. The number of nitrogens with zero attached hydrogens (tertiary/aromatic N) is 4. The summed E-state index contributed by atoms with van der Waals surface area (Å²) in [5, 5.41) is 10.1. The van der Waals surface area contributed by atoms with E-state index in [1.807, 2.05) is 63.2 Å². The van der Waals surface area contributed by atoms with Crippen molar-refractivity contribution in [2.45, 2.75) is 40.7 Å². The molecule has 0 bridgehead atoms. The van der Waals surface area contributed by atoms with E-state index >= 15 is 0 Å². The van der Waals surface area contributed by atoms with Gasteiger partial charge in [-0.1, -0.05) is 37.3 Å². The van der Waals surface area contributed by atoms with Crippen molar-refractivity contribution in [3.63, 3.8) is 0 Å². The highest BCUT2D eigenvalue weighted by Crippen LogP contribution is 2.35. The number of rotatable bonds is 6. The fourth-order valence-corrected chi connectivity index (χ4v) is 5.15. The number of nitrogens with one attached hydrogen (secondary N) is 1. The maximum Gasteiger partial charge on any atom is 0.281 e. The van der Waals surface area contributed by atoms with E-state index in [1.165, 1.54) is 17.7 Å². The zero-order valence-electron chi connectivity index (χ0n) is 19.5. The molecule has 7 nitrogen and oxygen atoms in total. The van der Waals surface area contributed by atoms with Gasteiger partial charge in [0.05, 0.1) is 5.39 Å². The van der Waals surface area contributed by atoms with Crippen molar-refractivity contribution in [3.05, 3.63) is 80.5 Å². The fraction of sp³-hybridized carbons (Fsp3) is 0.231. The number of fused-ring (bicyclic) bond motifs is 1. The van der Waals surface area contributed by atoms with Crippen molar-refractivity contribution >= 4 is 33.5 Å². The van der Waals surface area contributed by atoms with Gasteiger partial charge in [0.1, 0.15) is 22.8 Å². The molecular weight excluding hydrogens is 446 g/mol. The van der Waals surface area contributed by atoms with Gasteiger partial charge in [-0.3, -0.25) is 15.0 Å². The van der Waals surface area contributed by atoms with Crippen molar-refractivity contribution in [1.29, 1.82) is 5.26 Å². The van der Waals surface area contributed by atoms with Crippen molar-refractivity contribution < 1.29 is 4.79 Å². The number of carbonyl (C=O) groups is 1. The Hall–Kier alpha value is -3.96. The number of amides is 1. The van der Waals surface area contributed by atoms with Crippen LogP contribution in [-0.4, -0.2) is 20.1 Å². The number of carbonyl (C=O) groups excluding carboxylic acids is 1. The minimum atomic E-state index is -0.667. The molecular formula is C26H25N5O2S. The zero-order chi connectivity index (χ0) is 24.4. The second kappa shape index (κ2) is 9.49. The molecule has 172 valence electrons. The number of nitriles is 1. The monoisotopic (exact) mass is 471 g/mol. The third kappa shape index (κ3) is 4.18. The van der Waals surface area contributed by atoms with Crippen LogP contribution < -0.4 is 11.0 Å². The van der Waals surface area contributed by atoms with E-state index in [0.29, 0.717) is 10.2 Å². The maximum atomic E-state index is 13.3. The summed E-state index contributed by atoms with van der Waals surface area (Å²) >= 11 is 1.43. The topological polar surface area (TPSA) is 92.7 Å². The first-order chi connectivity index (χ1) is 16.3. The van der Waals surface area contributed by atoms with E-state index < -0.39 is 5.91 Å². The number of hydrogen-bond acceptors (Lipinski definition) is 5. The molecule has 0 fully saturated rings. The lowest BCUT2D eigenvalue weighted by atomic mass is 10.0. The highest BCUT2D eigenvalue weighted by Gasteiger charge is 2.19. The molecule has 0 radical (unpaired) electrons. The molecule has 0 unspecified atom stereocenters. The quantitative estimate of drug-likeness (QED) is 0.318. The first-order valence-corrected chi connectivity index (χ1v) is 11.8. The molecule has 0 atom stereocenters. The van der Waals surface area contributed by atoms with Crippen LogP contribution in [0.1, 0.15) is 35.2 Å². The van der Waals surface area contributed by atoms with Gasteiger partial charge in [-0.15, -0.1) is 11.3 Å². The van der Waals surface area contributed by atoms with Crippen LogP contribution in [0, 0.1) is 32.1 Å². The van der Waals surface area contributed by atoms with Crippen LogP contribution in [-0.2, 0) is 11.3 Å². The van der Waals surface area contributed by atoms with E-state index in [4.69, 9.17) is 0 Å². The normalized spacial score (nSPS) is 11.6. The first kappa shape index (κ1) is 23.2. The summed E-state index contributed by atoms with van der Waals surface area (Å²) in [7, 11) is 0. The fourth-order valence-electron chi connectivity index (χ4n) is 4.15. The Morgan fingerprint density at radius 2 is 1.97 bits per heavy atom. The molecule has 1 amide bonds. The number of hydrogen-bond donors (Lipinski definition) is 1. The van der Waals surface area contributed by atoms with E-state index in [-0.39, 0.29) is 11.1 Å². The van der Waals surface area contributed by atoms with Crippen LogP contribution in [0.5, 0.6) is 0 Å². The third-order valence-corrected chi connectivity index (χ3v) is 6.81. The summed E-state index contributed by atoms with van der Waals surface area (Å²) in [6.07, 6.45) is 3.83. The lowest BCUT2D eigenvalue weighted by Crippen LogP contribution is -2.33.